The summed E-state index contributed by atoms with van der Waals surface area (Å²) in [6.07, 6.45) is -7.94. The van der Waals surface area contributed by atoms with E-state index >= 15 is 0 Å². The molecule has 0 aliphatic carbocycles. The lowest BCUT2D eigenvalue weighted by Gasteiger charge is -2.21. The van der Waals surface area contributed by atoms with Crippen LogP contribution in [0.2, 0.25) is 0 Å². The fourth-order valence-corrected chi connectivity index (χ4v) is 2.38. The highest BCUT2D eigenvalue weighted by atomic mass is 32.2. The molecule has 0 bridgehead atoms. The van der Waals surface area contributed by atoms with Gasteiger partial charge in [0, 0.05) is 13.5 Å². The third kappa shape index (κ3) is 5.05. The van der Waals surface area contributed by atoms with Gasteiger partial charge in [0.05, 0.1) is 17.6 Å². The number of hydrogen-bond donors (Lipinski definition) is 0. The predicted octanol–water partition coefficient (Wildman–Crippen LogP) is 2.41. The van der Waals surface area contributed by atoms with Gasteiger partial charge in [0.15, 0.2) is 9.84 Å². The number of ether oxygens (including phenoxy) is 1. The van der Waals surface area contributed by atoms with Crippen molar-refractivity contribution in [3.05, 3.63) is 0 Å². The molecule has 0 saturated heterocycles. The summed E-state index contributed by atoms with van der Waals surface area (Å²) >= 11 is 0. The van der Waals surface area contributed by atoms with Crippen LogP contribution in [-0.2, 0) is 14.6 Å². The Morgan fingerprint density at radius 1 is 1.17 bits per heavy atom. The molecule has 0 aliphatic rings. The third-order valence-electron chi connectivity index (χ3n) is 2.46. The zero-order chi connectivity index (χ0) is 14.6. The van der Waals surface area contributed by atoms with E-state index in [1.165, 1.54) is 7.11 Å². The zero-order valence-corrected chi connectivity index (χ0v) is 10.7. The van der Waals surface area contributed by atoms with E-state index in [2.05, 4.69) is 4.74 Å². The number of methoxy groups -OCH3 is 1. The van der Waals surface area contributed by atoms with Gasteiger partial charge in [-0.05, 0) is 13.3 Å². The lowest BCUT2D eigenvalue weighted by atomic mass is 10.1. The van der Waals surface area contributed by atoms with Crippen LogP contribution in [0.25, 0.3) is 0 Å². The summed E-state index contributed by atoms with van der Waals surface area (Å²) in [6, 6.07) is 0. The Morgan fingerprint density at radius 3 is 2.06 bits per heavy atom. The quantitative estimate of drug-likeness (QED) is 0.678. The molecule has 0 aliphatic heterocycles. The van der Waals surface area contributed by atoms with E-state index in [1.807, 2.05) is 0 Å². The zero-order valence-electron chi connectivity index (χ0n) is 9.93. The summed E-state index contributed by atoms with van der Waals surface area (Å²) in [6.45, 7) is 0.986. The highest BCUT2D eigenvalue weighted by Gasteiger charge is 2.56. The van der Waals surface area contributed by atoms with Crippen LogP contribution in [0.1, 0.15) is 19.8 Å². The topological polar surface area (TPSA) is 43.4 Å². The van der Waals surface area contributed by atoms with Crippen molar-refractivity contribution in [2.24, 2.45) is 0 Å². The van der Waals surface area contributed by atoms with Crippen LogP contribution in [-0.4, -0.2) is 45.2 Å². The average molecular weight is 298 g/mol. The summed E-state index contributed by atoms with van der Waals surface area (Å²) < 4.78 is 88.2. The molecule has 3 nitrogen and oxygen atoms in total. The second-order valence-corrected chi connectivity index (χ2v) is 6.45. The number of rotatable bonds is 7. The summed E-state index contributed by atoms with van der Waals surface area (Å²) in [7, 11) is -2.45. The van der Waals surface area contributed by atoms with Crippen molar-refractivity contribution in [3.8, 4) is 0 Å². The van der Waals surface area contributed by atoms with E-state index in [0.29, 0.717) is 0 Å². The summed E-state index contributed by atoms with van der Waals surface area (Å²) in [5.74, 6) is -5.26. The van der Waals surface area contributed by atoms with E-state index < -0.39 is 45.8 Å². The standard InChI is InChI=1S/C9H15F5O3S/c1-7(18(15,16)6-5-17-2)3-4-8(10,11)9(12,13)14/h7H,3-6H2,1-2H3. The second kappa shape index (κ2) is 6.14. The Hall–Kier alpha value is -0.440. The molecule has 0 heterocycles. The van der Waals surface area contributed by atoms with Crippen LogP contribution >= 0.6 is 0 Å². The van der Waals surface area contributed by atoms with Crippen LogP contribution in [0, 0.1) is 0 Å². The van der Waals surface area contributed by atoms with E-state index in [9.17, 15) is 30.4 Å². The Balaban J connectivity index is 4.47. The maximum atomic E-state index is 12.6. The molecule has 18 heavy (non-hydrogen) atoms. The molecule has 0 radical (unpaired) electrons. The van der Waals surface area contributed by atoms with Crippen LogP contribution < -0.4 is 0 Å². The van der Waals surface area contributed by atoms with Crippen molar-refractivity contribution >= 4 is 9.84 Å². The summed E-state index contributed by atoms with van der Waals surface area (Å²) in [5, 5.41) is -1.26. The number of sulfone groups is 1. The molecule has 110 valence electrons. The van der Waals surface area contributed by atoms with Crippen LogP contribution in [0.5, 0.6) is 0 Å². The predicted molar refractivity (Wildman–Crippen MR) is 55.4 cm³/mol. The van der Waals surface area contributed by atoms with E-state index in [1.54, 1.807) is 0 Å². The maximum Gasteiger partial charge on any atom is 0.453 e. The molecule has 1 unspecified atom stereocenters. The number of hydrogen-bond acceptors (Lipinski definition) is 3. The van der Waals surface area contributed by atoms with E-state index in [-0.39, 0.29) is 6.61 Å². The molecule has 0 aromatic heterocycles. The number of halogens is 5. The molecule has 0 fully saturated rings. The Labute approximate surface area is 102 Å². The van der Waals surface area contributed by atoms with Gasteiger partial charge in [-0.3, -0.25) is 0 Å². The van der Waals surface area contributed by atoms with Gasteiger partial charge in [0.25, 0.3) is 0 Å². The van der Waals surface area contributed by atoms with E-state index in [0.717, 1.165) is 6.92 Å². The largest absolute Gasteiger partial charge is 0.453 e. The lowest BCUT2D eigenvalue weighted by molar-refractivity contribution is -0.284. The average Bonchev–Trinajstić information content (AvgIpc) is 2.21. The monoisotopic (exact) mass is 298 g/mol. The molecule has 0 spiro atoms. The van der Waals surface area contributed by atoms with Crippen molar-refractivity contribution in [1.82, 2.24) is 0 Å². The van der Waals surface area contributed by atoms with E-state index in [4.69, 9.17) is 0 Å². The maximum absolute atomic E-state index is 12.6. The molecular weight excluding hydrogens is 283 g/mol. The Kier molecular flexibility index (Phi) is 5.99. The third-order valence-corrected chi connectivity index (χ3v) is 4.66. The molecule has 0 rings (SSSR count). The van der Waals surface area contributed by atoms with Gasteiger partial charge < -0.3 is 4.74 Å². The molecular formula is C9H15F5O3S. The normalized spacial score (nSPS) is 15.7. The first-order chi connectivity index (χ1) is 7.94. The minimum atomic E-state index is -5.65. The molecule has 0 aromatic rings. The van der Waals surface area contributed by atoms with Gasteiger partial charge in [0.1, 0.15) is 0 Å². The van der Waals surface area contributed by atoms with Crippen LogP contribution in [0.15, 0.2) is 0 Å². The van der Waals surface area contributed by atoms with Gasteiger partial charge in [-0.1, -0.05) is 0 Å². The lowest BCUT2D eigenvalue weighted by Crippen LogP contribution is -2.37. The van der Waals surface area contributed by atoms with Gasteiger partial charge in [-0.15, -0.1) is 0 Å². The molecule has 0 amide bonds. The van der Waals surface area contributed by atoms with Crippen molar-refractivity contribution in [1.29, 1.82) is 0 Å². The fraction of sp³-hybridized carbons (Fsp3) is 1.00. The van der Waals surface area contributed by atoms with Gasteiger partial charge in [-0.25, -0.2) is 8.42 Å². The van der Waals surface area contributed by atoms with Crippen molar-refractivity contribution in [3.63, 3.8) is 0 Å². The first kappa shape index (κ1) is 17.6. The molecule has 0 saturated carbocycles. The van der Waals surface area contributed by atoms with Crippen LogP contribution in [0.4, 0.5) is 22.0 Å². The van der Waals surface area contributed by atoms with Crippen molar-refractivity contribution in [2.45, 2.75) is 37.1 Å². The fourth-order valence-electron chi connectivity index (χ4n) is 1.11. The molecule has 9 heteroatoms. The molecule has 1 atom stereocenters. The SMILES string of the molecule is COCCS(=O)(=O)C(C)CCC(F)(F)C(F)(F)F. The smallest absolute Gasteiger partial charge is 0.384 e. The highest BCUT2D eigenvalue weighted by molar-refractivity contribution is 7.92. The first-order valence-electron chi connectivity index (χ1n) is 5.09. The summed E-state index contributed by atoms with van der Waals surface area (Å²) in [4.78, 5) is 0. The molecule has 0 aromatic carbocycles. The van der Waals surface area contributed by atoms with Gasteiger partial charge in [-0.2, -0.15) is 22.0 Å². The first-order valence-corrected chi connectivity index (χ1v) is 6.80. The Bertz CT molecular complexity index is 350. The van der Waals surface area contributed by atoms with Crippen molar-refractivity contribution < 1.29 is 35.1 Å². The van der Waals surface area contributed by atoms with Gasteiger partial charge in [0.2, 0.25) is 0 Å². The van der Waals surface area contributed by atoms with Gasteiger partial charge >= 0.3 is 12.1 Å². The minimum absolute atomic E-state index is 0.123. The minimum Gasteiger partial charge on any atom is -0.384 e. The van der Waals surface area contributed by atoms with Crippen LogP contribution in [0.3, 0.4) is 0 Å². The number of alkyl halides is 5. The Morgan fingerprint density at radius 2 is 1.67 bits per heavy atom. The summed E-state index contributed by atoms with van der Waals surface area (Å²) in [5.41, 5.74) is 0. The second-order valence-electron chi connectivity index (χ2n) is 3.91. The molecule has 0 N–H and O–H groups in total. The highest BCUT2D eigenvalue weighted by Crippen LogP contribution is 2.39. The van der Waals surface area contributed by atoms with Crippen molar-refractivity contribution in [2.75, 3.05) is 19.5 Å².